The van der Waals surface area contributed by atoms with Crippen molar-refractivity contribution in [3.8, 4) is 5.75 Å². The van der Waals surface area contributed by atoms with Crippen LogP contribution in [-0.4, -0.2) is 24.8 Å². The van der Waals surface area contributed by atoms with E-state index in [4.69, 9.17) is 4.74 Å². The lowest BCUT2D eigenvalue weighted by molar-refractivity contribution is 0.101. The molecular formula is C28H23N3O4. The molecule has 0 spiro atoms. The zero-order valence-electron chi connectivity index (χ0n) is 18.9. The Kier molecular flexibility index (Phi) is 7.18. The van der Waals surface area contributed by atoms with Gasteiger partial charge < -0.3 is 20.7 Å². The summed E-state index contributed by atoms with van der Waals surface area (Å²) >= 11 is 0. The Morgan fingerprint density at radius 2 is 1.00 bits per heavy atom. The number of hydrogen-bond acceptors (Lipinski definition) is 4. The molecule has 3 N–H and O–H groups in total. The average Bonchev–Trinajstić information content (AvgIpc) is 2.89. The molecule has 0 saturated heterocycles. The highest BCUT2D eigenvalue weighted by Crippen LogP contribution is 2.26. The van der Waals surface area contributed by atoms with Crippen LogP contribution in [0.15, 0.2) is 103 Å². The van der Waals surface area contributed by atoms with Crippen molar-refractivity contribution >= 4 is 34.8 Å². The van der Waals surface area contributed by atoms with Crippen molar-refractivity contribution in [1.82, 2.24) is 0 Å². The fourth-order valence-corrected chi connectivity index (χ4v) is 3.43. The third-order valence-corrected chi connectivity index (χ3v) is 5.14. The molecule has 0 aliphatic carbocycles. The molecule has 0 unspecified atom stereocenters. The molecule has 4 aromatic rings. The molecule has 0 aromatic heterocycles. The quantitative estimate of drug-likeness (QED) is 0.338. The minimum absolute atomic E-state index is 0.241. The molecule has 0 aliphatic rings. The van der Waals surface area contributed by atoms with Crippen molar-refractivity contribution in [1.29, 1.82) is 0 Å². The Morgan fingerprint density at radius 1 is 0.543 bits per heavy atom. The van der Waals surface area contributed by atoms with Gasteiger partial charge in [-0.1, -0.05) is 48.5 Å². The van der Waals surface area contributed by atoms with Crippen molar-refractivity contribution in [2.45, 2.75) is 0 Å². The fourth-order valence-electron chi connectivity index (χ4n) is 3.43. The predicted octanol–water partition coefficient (Wildman–Crippen LogP) is 5.45. The monoisotopic (exact) mass is 465 g/mol. The van der Waals surface area contributed by atoms with E-state index in [2.05, 4.69) is 16.0 Å². The minimum atomic E-state index is -0.430. The Hall–Kier alpha value is -4.91. The Labute approximate surface area is 202 Å². The topological polar surface area (TPSA) is 96.5 Å². The maximum absolute atomic E-state index is 13.1. The van der Waals surface area contributed by atoms with E-state index in [-0.39, 0.29) is 17.4 Å². The van der Waals surface area contributed by atoms with Crippen LogP contribution in [0.3, 0.4) is 0 Å². The highest BCUT2D eigenvalue weighted by Gasteiger charge is 2.15. The van der Waals surface area contributed by atoms with Gasteiger partial charge in [-0.05, 0) is 54.6 Å². The van der Waals surface area contributed by atoms with Gasteiger partial charge in [0.2, 0.25) is 0 Å². The molecule has 7 heteroatoms. The van der Waals surface area contributed by atoms with E-state index in [1.165, 1.54) is 7.11 Å². The van der Waals surface area contributed by atoms with Gasteiger partial charge in [-0.15, -0.1) is 0 Å². The number of anilines is 3. The molecule has 0 saturated carbocycles. The van der Waals surface area contributed by atoms with E-state index in [9.17, 15) is 14.4 Å². The second kappa shape index (κ2) is 10.8. The van der Waals surface area contributed by atoms with E-state index < -0.39 is 5.91 Å². The van der Waals surface area contributed by atoms with Gasteiger partial charge in [0, 0.05) is 28.1 Å². The molecule has 35 heavy (non-hydrogen) atoms. The van der Waals surface area contributed by atoms with Crippen LogP contribution in [0.1, 0.15) is 31.1 Å². The van der Waals surface area contributed by atoms with Crippen molar-refractivity contribution in [2.24, 2.45) is 0 Å². The molecule has 0 heterocycles. The Balaban J connectivity index is 1.64. The summed E-state index contributed by atoms with van der Waals surface area (Å²) < 4.78 is 5.30. The number of hydrogen-bond donors (Lipinski definition) is 3. The van der Waals surface area contributed by atoms with E-state index in [1.54, 1.807) is 91.0 Å². The Morgan fingerprint density at radius 3 is 1.51 bits per heavy atom. The smallest absolute Gasteiger partial charge is 0.255 e. The number of para-hydroxylation sites is 2. The van der Waals surface area contributed by atoms with E-state index >= 15 is 0 Å². The van der Waals surface area contributed by atoms with Crippen molar-refractivity contribution in [3.05, 3.63) is 120 Å². The molecule has 4 aromatic carbocycles. The molecule has 0 fully saturated rings. The SMILES string of the molecule is COc1ccccc1NC(=O)c1cc(NC(=O)c2ccccc2)cc(NC(=O)c2ccccc2)c1. The molecule has 174 valence electrons. The van der Waals surface area contributed by atoms with Crippen LogP contribution in [0, 0.1) is 0 Å². The number of carbonyl (C=O) groups is 3. The van der Waals surface area contributed by atoms with Gasteiger partial charge in [0.15, 0.2) is 0 Å². The summed E-state index contributed by atoms with van der Waals surface area (Å²) in [4.78, 5) is 38.5. The number of ether oxygens (including phenoxy) is 1. The van der Waals surface area contributed by atoms with Gasteiger partial charge in [-0.3, -0.25) is 14.4 Å². The molecule has 0 radical (unpaired) electrons. The van der Waals surface area contributed by atoms with Crippen molar-refractivity contribution in [2.75, 3.05) is 23.1 Å². The zero-order valence-corrected chi connectivity index (χ0v) is 18.9. The number of carbonyl (C=O) groups excluding carboxylic acids is 3. The first-order valence-electron chi connectivity index (χ1n) is 10.9. The molecule has 0 atom stereocenters. The predicted molar refractivity (Wildman–Crippen MR) is 136 cm³/mol. The van der Waals surface area contributed by atoms with E-state index in [0.29, 0.717) is 33.9 Å². The summed E-state index contributed by atoms with van der Waals surface area (Å²) in [5.41, 5.74) is 2.38. The number of nitrogens with one attached hydrogen (secondary N) is 3. The van der Waals surface area contributed by atoms with Crippen LogP contribution in [0.4, 0.5) is 17.1 Å². The van der Waals surface area contributed by atoms with E-state index in [1.807, 2.05) is 12.1 Å². The van der Waals surface area contributed by atoms with Crippen molar-refractivity contribution in [3.63, 3.8) is 0 Å². The molecule has 4 rings (SSSR count). The van der Waals surface area contributed by atoms with Crippen LogP contribution in [0.2, 0.25) is 0 Å². The maximum atomic E-state index is 13.1. The lowest BCUT2D eigenvalue weighted by Crippen LogP contribution is -2.17. The third-order valence-electron chi connectivity index (χ3n) is 5.14. The van der Waals surface area contributed by atoms with Gasteiger partial charge in [0.1, 0.15) is 5.75 Å². The van der Waals surface area contributed by atoms with Crippen molar-refractivity contribution < 1.29 is 19.1 Å². The van der Waals surface area contributed by atoms with E-state index in [0.717, 1.165) is 0 Å². The summed E-state index contributed by atoms with van der Waals surface area (Å²) in [6.07, 6.45) is 0. The summed E-state index contributed by atoms with van der Waals surface area (Å²) in [6.45, 7) is 0. The molecule has 7 nitrogen and oxygen atoms in total. The maximum Gasteiger partial charge on any atom is 0.255 e. The second-order valence-electron chi connectivity index (χ2n) is 7.59. The Bertz CT molecular complexity index is 1280. The zero-order chi connectivity index (χ0) is 24.6. The van der Waals surface area contributed by atoms with Gasteiger partial charge in [0.05, 0.1) is 12.8 Å². The summed E-state index contributed by atoms with van der Waals surface area (Å²) in [5, 5.41) is 8.41. The lowest BCUT2D eigenvalue weighted by atomic mass is 10.1. The second-order valence-corrected chi connectivity index (χ2v) is 7.59. The molecule has 0 bridgehead atoms. The normalized spacial score (nSPS) is 10.2. The van der Waals surface area contributed by atoms with Gasteiger partial charge in [-0.2, -0.15) is 0 Å². The van der Waals surface area contributed by atoms with Crippen LogP contribution < -0.4 is 20.7 Å². The standard InChI is InChI=1S/C28H23N3O4/c1-35-25-15-9-8-14-24(25)31-28(34)21-16-22(29-26(32)19-10-4-2-5-11-19)18-23(17-21)30-27(33)20-12-6-3-7-13-20/h2-18H,1H3,(H,29,32)(H,30,33)(H,31,34). The molecule has 3 amide bonds. The summed E-state index contributed by atoms with van der Waals surface area (Å²) in [7, 11) is 1.52. The summed E-state index contributed by atoms with van der Waals surface area (Å²) in [6, 6.07) is 29.1. The van der Waals surface area contributed by atoms with Gasteiger partial charge in [0.25, 0.3) is 17.7 Å². The van der Waals surface area contributed by atoms with Crippen LogP contribution in [0.5, 0.6) is 5.75 Å². The molecular weight excluding hydrogens is 442 g/mol. The molecule has 0 aliphatic heterocycles. The van der Waals surface area contributed by atoms with Crippen LogP contribution in [-0.2, 0) is 0 Å². The van der Waals surface area contributed by atoms with Gasteiger partial charge in [-0.25, -0.2) is 0 Å². The fraction of sp³-hybridized carbons (Fsp3) is 0.0357. The van der Waals surface area contributed by atoms with Crippen LogP contribution >= 0.6 is 0 Å². The first kappa shape index (κ1) is 23.3. The number of amides is 3. The highest BCUT2D eigenvalue weighted by atomic mass is 16.5. The number of rotatable bonds is 7. The minimum Gasteiger partial charge on any atom is -0.495 e. The average molecular weight is 466 g/mol. The van der Waals surface area contributed by atoms with Crippen LogP contribution in [0.25, 0.3) is 0 Å². The third kappa shape index (κ3) is 5.91. The number of benzene rings is 4. The highest BCUT2D eigenvalue weighted by molar-refractivity contribution is 6.10. The number of methoxy groups -OCH3 is 1. The first-order chi connectivity index (χ1) is 17.0. The largest absolute Gasteiger partial charge is 0.495 e. The summed E-state index contributed by atoms with van der Waals surface area (Å²) in [5.74, 6) is -0.603. The van der Waals surface area contributed by atoms with Gasteiger partial charge >= 0.3 is 0 Å². The first-order valence-corrected chi connectivity index (χ1v) is 10.9. The lowest BCUT2D eigenvalue weighted by Gasteiger charge is -2.14.